The van der Waals surface area contributed by atoms with Gasteiger partial charge >= 0.3 is 0 Å². The zero-order chi connectivity index (χ0) is 15.2. The van der Waals surface area contributed by atoms with Crippen molar-refractivity contribution in [1.82, 2.24) is 15.1 Å². The van der Waals surface area contributed by atoms with Crippen molar-refractivity contribution >= 4 is 23.1 Å². The molecule has 0 atom stereocenters. The highest BCUT2D eigenvalue weighted by Crippen LogP contribution is 2.31. The number of nitrogens with zero attached hydrogens (tertiary/aromatic N) is 2. The molecule has 0 aliphatic rings. The van der Waals surface area contributed by atoms with Crippen LogP contribution in [0.2, 0.25) is 0 Å². The van der Waals surface area contributed by atoms with Gasteiger partial charge in [-0.3, -0.25) is 9.48 Å². The highest BCUT2D eigenvalue weighted by atomic mass is 32.1. The number of thiocarbonyl (C=S) groups is 1. The third kappa shape index (κ3) is 3.56. The summed E-state index contributed by atoms with van der Waals surface area (Å²) >= 11 is 5.18. The summed E-state index contributed by atoms with van der Waals surface area (Å²) in [6.45, 7) is 4.52. The van der Waals surface area contributed by atoms with E-state index >= 15 is 0 Å². The Morgan fingerprint density at radius 1 is 1.45 bits per heavy atom. The summed E-state index contributed by atoms with van der Waals surface area (Å²) in [6, 6.07) is 1.88. The molecule has 20 heavy (non-hydrogen) atoms. The van der Waals surface area contributed by atoms with Gasteiger partial charge in [0, 0.05) is 13.2 Å². The van der Waals surface area contributed by atoms with E-state index in [4.69, 9.17) is 18.0 Å². The van der Waals surface area contributed by atoms with Crippen molar-refractivity contribution in [1.29, 1.82) is 0 Å². The highest BCUT2D eigenvalue weighted by Gasteiger charge is 2.39. The van der Waals surface area contributed by atoms with Crippen molar-refractivity contribution in [3.8, 4) is 0 Å². The minimum Gasteiger partial charge on any atom is -0.392 e. The number of amides is 1. The molecule has 112 valence electrons. The third-order valence-corrected chi connectivity index (χ3v) is 4.00. The summed E-state index contributed by atoms with van der Waals surface area (Å²) in [6.07, 6.45) is 4.83. The number of aromatic nitrogens is 2. The molecule has 1 rings (SSSR count). The number of aryl methyl sites for hydroxylation is 1. The van der Waals surface area contributed by atoms with Gasteiger partial charge in [0.15, 0.2) is 0 Å². The zero-order valence-corrected chi connectivity index (χ0v) is 13.3. The smallest absolute Gasteiger partial charge is 0.233 e. The van der Waals surface area contributed by atoms with E-state index in [1.807, 2.05) is 27.0 Å². The SMILES string of the molecule is CCCC(CCC)(C(=O)NCc1ccnn1C)C(N)=S. The van der Waals surface area contributed by atoms with Crippen LogP contribution in [0.25, 0.3) is 0 Å². The minimum atomic E-state index is -0.725. The van der Waals surface area contributed by atoms with Crippen LogP contribution >= 0.6 is 12.2 Å². The molecule has 0 saturated heterocycles. The number of rotatable bonds is 8. The van der Waals surface area contributed by atoms with E-state index in [1.165, 1.54) is 0 Å². The van der Waals surface area contributed by atoms with Gasteiger partial charge in [-0.05, 0) is 18.9 Å². The highest BCUT2D eigenvalue weighted by molar-refractivity contribution is 7.80. The van der Waals surface area contributed by atoms with E-state index in [9.17, 15) is 4.79 Å². The molecule has 0 aliphatic carbocycles. The first-order valence-corrected chi connectivity index (χ1v) is 7.43. The van der Waals surface area contributed by atoms with Gasteiger partial charge in [0.25, 0.3) is 0 Å². The van der Waals surface area contributed by atoms with Crippen molar-refractivity contribution in [2.75, 3.05) is 0 Å². The van der Waals surface area contributed by atoms with Gasteiger partial charge < -0.3 is 11.1 Å². The molecule has 0 spiro atoms. The largest absolute Gasteiger partial charge is 0.392 e. The van der Waals surface area contributed by atoms with Gasteiger partial charge in [0.05, 0.1) is 22.6 Å². The van der Waals surface area contributed by atoms with Crippen LogP contribution in [0.3, 0.4) is 0 Å². The molecule has 6 heteroatoms. The molecule has 0 aromatic carbocycles. The molecule has 5 nitrogen and oxygen atoms in total. The molecule has 0 unspecified atom stereocenters. The molecular formula is C14H24N4OS. The summed E-state index contributed by atoms with van der Waals surface area (Å²) < 4.78 is 1.74. The monoisotopic (exact) mass is 296 g/mol. The molecule has 0 fully saturated rings. The van der Waals surface area contributed by atoms with Crippen LogP contribution in [-0.2, 0) is 18.4 Å². The van der Waals surface area contributed by atoms with Crippen molar-refractivity contribution in [2.24, 2.45) is 18.2 Å². The fraction of sp³-hybridized carbons (Fsp3) is 0.643. The Hall–Kier alpha value is -1.43. The second-order valence-corrected chi connectivity index (χ2v) is 5.52. The van der Waals surface area contributed by atoms with Gasteiger partial charge in [-0.25, -0.2) is 0 Å². The van der Waals surface area contributed by atoms with Crippen LogP contribution in [0.4, 0.5) is 0 Å². The molecule has 0 bridgehead atoms. The van der Waals surface area contributed by atoms with Crippen LogP contribution in [0.1, 0.15) is 45.2 Å². The molecular weight excluding hydrogens is 272 g/mol. The number of nitrogens with two attached hydrogens (primary N) is 1. The number of carbonyl (C=O) groups is 1. The third-order valence-electron chi connectivity index (χ3n) is 3.61. The van der Waals surface area contributed by atoms with E-state index in [0.29, 0.717) is 24.4 Å². The van der Waals surface area contributed by atoms with E-state index in [1.54, 1.807) is 10.9 Å². The summed E-state index contributed by atoms with van der Waals surface area (Å²) in [7, 11) is 1.85. The van der Waals surface area contributed by atoms with Crippen LogP contribution in [-0.4, -0.2) is 20.7 Å². The van der Waals surface area contributed by atoms with E-state index in [2.05, 4.69) is 10.4 Å². The maximum Gasteiger partial charge on any atom is 0.233 e. The Labute approximate surface area is 125 Å². The Balaban J connectivity index is 2.82. The molecule has 0 aliphatic heterocycles. The van der Waals surface area contributed by atoms with Crippen LogP contribution in [0, 0.1) is 5.41 Å². The van der Waals surface area contributed by atoms with Crippen molar-refractivity contribution in [2.45, 2.75) is 46.1 Å². The second kappa shape index (κ2) is 7.38. The molecule has 3 N–H and O–H groups in total. The lowest BCUT2D eigenvalue weighted by Crippen LogP contribution is -2.48. The average molecular weight is 296 g/mol. The van der Waals surface area contributed by atoms with Gasteiger partial charge in [0.2, 0.25) is 5.91 Å². The first kappa shape index (κ1) is 16.6. The normalized spacial score (nSPS) is 11.3. The van der Waals surface area contributed by atoms with E-state index < -0.39 is 5.41 Å². The first-order valence-electron chi connectivity index (χ1n) is 7.03. The Kier molecular flexibility index (Phi) is 6.13. The molecule has 1 amide bonds. The predicted octanol–water partition coefficient (Wildman–Crippen LogP) is 1.91. The maximum atomic E-state index is 12.6. The van der Waals surface area contributed by atoms with Gasteiger partial charge in [-0.1, -0.05) is 38.9 Å². The Bertz CT molecular complexity index is 463. The number of nitrogens with one attached hydrogen (secondary N) is 1. The molecule has 0 radical (unpaired) electrons. The second-order valence-electron chi connectivity index (χ2n) is 5.08. The summed E-state index contributed by atoms with van der Waals surface area (Å²) in [5.41, 5.74) is 6.10. The fourth-order valence-corrected chi connectivity index (χ4v) is 2.78. The van der Waals surface area contributed by atoms with Crippen LogP contribution in [0.5, 0.6) is 0 Å². The lowest BCUT2D eigenvalue weighted by Gasteiger charge is -2.31. The topological polar surface area (TPSA) is 72.9 Å². The van der Waals surface area contributed by atoms with Crippen molar-refractivity contribution < 1.29 is 4.79 Å². The predicted molar refractivity (Wildman–Crippen MR) is 84.1 cm³/mol. The van der Waals surface area contributed by atoms with Crippen molar-refractivity contribution in [3.05, 3.63) is 18.0 Å². The summed E-state index contributed by atoms with van der Waals surface area (Å²) in [5, 5.41) is 7.03. The average Bonchev–Trinajstić information content (AvgIpc) is 2.80. The first-order chi connectivity index (χ1) is 9.47. The Morgan fingerprint density at radius 2 is 2.05 bits per heavy atom. The van der Waals surface area contributed by atoms with E-state index in [-0.39, 0.29) is 5.91 Å². The van der Waals surface area contributed by atoms with Crippen LogP contribution < -0.4 is 11.1 Å². The van der Waals surface area contributed by atoms with E-state index in [0.717, 1.165) is 18.5 Å². The minimum absolute atomic E-state index is 0.0742. The van der Waals surface area contributed by atoms with Gasteiger partial charge in [-0.2, -0.15) is 5.10 Å². The molecule has 1 aromatic rings. The number of hydrogen-bond acceptors (Lipinski definition) is 3. The van der Waals surface area contributed by atoms with Gasteiger partial charge in [-0.15, -0.1) is 0 Å². The quantitative estimate of drug-likeness (QED) is 0.719. The van der Waals surface area contributed by atoms with Crippen LogP contribution in [0.15, 0.2) is 12.3 Å². The zero-order valence-electron chi connectivity index (χ0n) is 12.5. The standard InChI is InChI=1S/C14H24N4OS/c1-4-7-14(8-5-2,12(15)20)13(19)16-10-11-6-9-17-18(11)3/h6,9H,4-5,7-8,10H2,1-3H3,(H2,15,20)(H,16,19). The molecule has 0 saturated carbocycles. The summed E-state index contributed by atoms with van der Waals surface area (Å²) in [5.74, 6) is -0.0742. The summed E-state index contributed by atoms with van der Waals surface area (Å²) in [4.78, 5) is 12.9. The van der Waals surface area contributed by atoms with Gasteiger partial charge in [0.1, 0.15) is 0 Å². The molecule has 1 heterocycles. The fourth-order valence-electron chi connectivity index (χ4n) is 2.48. The lowest BCUT2D eigenvalue weighted by atomic mass is 9.78. The number of carbonyl (C=O) groups excluding carboxylic acids is 1. The maximum absolute atomic E-state index is 12.6. The number of hydrogen-bond donors (Lipinski definition) is 2. The van der Waals surface area contributed by atoms with Crippen molar-refractivity contribution in [3.63, 3.8) is 0 Å². The Morgan fingerprint density at radius 3 is 2.45 bits per heavy atom. The molecule has 1 aromatic heterocycles. The lowest BCUT2D eigenvalue weighted by molar-refractivity contribution is -0.128.